The maximum atomic E-state index is 10.8. The highest BCUT2D eigenvalue weighted by molar-refractivity contribution is 5.59. The molecule has 1 aromatic carbocycles. The number of aromatic nitrogens is 4. The second-order valence-corrected chi connectivity index (χ2v) is 5.48. The van der Waals surface area contributed by atoms with Crippen molar-refractivity contribution in [1.29, 1.82) is 0 Å². The summed E-state index contributed by atoms with van der Waals surface area (Å²) in [6.07, 6.45) is 2.32. The Labute approximate surface area is 149 Å². The molecule has 0 amide bonds. The maximum Gasteiger partial charge on any atom is 0.269 e. The third kappa shape index (κ3) is 4.07. The number of nitro groups is 1. The molecular formula is C17H17N7O2. The lowest BCUT2D eigenvalue weighted by molar-refractivity contribution is -0.384. The number of rotatable bonds is 6. The Bertz CT molecular complexity index is 929. The van der Waals surface area contributed by atoms with E-state index in [2.05, 4.69) is 25.3 Å². The number of non-ortho nitro benzene ring substituents is 1. The molecule has 3 aromatic rings. The summed E-state index contributed by atoms with van der Waals surface area (Å²) in [6, 6.07) is 9.61. The molecule has 0 aliphatic heterocycles. The lowest BCUT2D eigenvalue weighted by Gasteiger charge is -2.09. The molecule has 9 heteroatoms. The molecule has 0 spiro atoms. The van der Waals surface area contributed by atoms with Gasteiger partial charge in [0.2, 0.25) is 0 Å². The molecule has 0 radical (unpaired) electrons. The van der Waals surface area contributed by atoms with Crippen LogP contribution in [-0.4, -0.2) is 24.9 Å². The fourth-order valence-electron chi connectivity index (χ4n) is 2.30. The van der Waals surface area contributed by atoms with Crippen molar-refractivity contribution in [2.45, 2.75) is 19.9 Å². The van der Waals surface area contributed by atoms with Crippen LogP contribution in [0.5, 0.6) is 0 Å². The fraction of sp³-hybridized carbons (Fsp3) is 0.176. The van der Waals surface area contributed by atoms with Crippen LogP contribution in [0.3, 0.4) is 0 Å². The summed E-state index contributed by atoms with van der Waals surface area (Å²) in [5.41, 5.74) is 7.23. The Kier molecular flexibility index (Phi) is 4.97. The van der Waals surface area contributed by atoms with Gasteiger partial charge in [-0.3, -0.25) is 10.1 Å². The van der Waals surface area contributed by atoms with E-state index in [-0.39, 0.29) is 5.69 Å². The average molecular weight is 351 g/mol. The van der Waals surface area contributed by atoms with Crippen molar-refractivity contribution >= 4 is 17.3 Å². The van der Waals surface area contributed by atoms with Crippen molar-refractivity contribution in [3.63, 3.8) is 0 Å². The summed E-state index contributed by atoms with van der Waals surface area (Å²) in [4.78, 5) is 27.6. The van der Waals surface area contributed by atoms with Crippen LogP contribution in [0.1, 0.15) is 18.4 Å². The summed E-state index contributed by atoms with van der Waals surface area (Å²) in [6.45, 7) is 2.36. The van der Waals surface area contributed by atoms with Gasteiger partial charge in [0.05, 0.1) is 11.5 Å². The van der Waals surface area contributed by atoms with Gasteiger partial charge in [-0.15, -0.1) is 0 Å². The number of nitrogens with one attached hydrogen (secondary N) is 1. The number of nitrogens with zero attached hydrogens (tertiary/aromatic N) is 5. The molecule has 9 nitrogen and oxygen atoms in total. The highest BCUT2D eigenvalue weighted by atomic mass is 16.6. The lowest BCUT2D eigenvalue weighted by atomic mass is 10.2. The molecule has 0 saturated carbocycles. The molecule has 0 saturated heterocycles. The van der Waals surface area contributed by atoms with Gasteiger partial charge in [0.25, 0.3) is 5.69 Å². The van der Waals surface area contributed by atoms with E-state index >= 15 is 0 Å². The molecule has 132 valence electrons. The standard InChI is InChI=1S/C17H17N7O2/c1-2-12-9-15(20-10-16-19-8-7-14(18)22-16)23-17(21-12)11-3-5-13(6-4-11)24(25)26/h3-9H,2,10H2,1H3,(H2,18,19,22)(H,20,21,23). The van der Waals surface area contributed by atoms with Crippen LogP contribution in [0, 0.1) is 10.1 Å². The van der Waals surface area contributed by atoms with Crippen LogP contribution in [-0.2, 0) is 13.0 Å². The second kappa shape index (κ2) is 7.51. The van der Waals surface area contributed by atoms with Gasteiger partial charge in [-0.25, -0.2) is 19.9 Å². The molecule has 3 N–H and O–H groups in total. The number of nitro benzene ring substituents is 1. The van der Waals surface area contributed by atoms with Crippen LogP contribution < -0.4 is 11.1 Å². The van der Waals surface area contributed by atoms with Crippen molar-refractivity contribution in [2.24, 2.45) is 0 Å². The van der Waals surface area contributed by atoms with E-state index in [0.29, 0.717) is 35.4 Å². The topological polar surface area (TPSA) is 133 Å². The smallest absolute Gasteiger partial charge is 0.269 e. The summed E-state index contributed by atoms with van der Waals surface area (Å²) < 4.78 is 0. The number of hydrogen-bond acceptors (Lipinski definition) is 8. The lowest BCUT2D eigenvalue weighted by Crippen LogP contribution is -2.08. The van der Waals surface area contributed by atoms with E-state index in [4.69, 9.17) is 5.73 Å². The number of nitrogen functional groups attached to an aromatic ring is 1. The number of anilines is 2. The van der Waals surface area contributed by atoms with Crippen LogP contribution >= 0.6 is 0 Å². The Morgan fingerprint density at radius 1 is 1.15 bits per heavy atom. The van der Waals surface area contributed by atoms with Crippen molar-refractivity contribution in [3.8, 4) is 11.4 Å². The van der Waals surface area contributed by atoms with E-state index in [1.165, 1.54) is 12.1 Å². The minimum absolute atomic E-state index is 0.0255. The van der Waals surface area contributed by atoms with Crippen LogP contribution in [0.25, 0.3) is 11.4 Å². The van der Waals surface area contributed by atoms with Crippen molar-refractivity contribution < 1.29 is 4.92 Å². The normalized spacial score (nSPS) is 10.5. The Morgan fingerprint density at radius 3 is 2.58 bits per heavy atom. The molecule has 2 heterocycles. The third-order valence-electron chi connectivity index (χ3n) is 3.63. The molecule has 0 bridgehead atoms. The van der Waals surface area contributed by atoms with Crippen molar-refractivity contribution in [1.82, 2.24) is 19.9 Å². The van der Waals surface area contributed by atoms with E-state index in [1.54, 1.807) is 24.4 Å². The van der Waals surface area contributed by atoms with Gasteiger partial charge >= 0.3 is 0 Å². The number of nitrogens with two attached hydrogens (primary N) is 1. The molecular weight excluding hydrogens is 334 g/mol. The monoisotopic (exact) mass is 351 g/mol. The second-order valence-electron chi connectivity index (χ2n) is 5.48. The van der Waals surface area contributed by atoms with E-state index in [0.717, 1.165) is 12.1 Å². The Balaban J connectivity index is 1.85. The van der Waals surface area contributed by atoms with Crippen LogP contribution in [0.4, 0.5) is 17.3 Å². The first-order valence-corrected chi connectivity index (χ1v) is 7.99. The van der Waals surface area contributed by atoms with Crippen molar-refractivity contribution in [3.05, 3.63) is 64.2 Å². The van der Waals surface area contributed by atoms with Gasteiger partial charge in [-0.05, 0) is 24.6 Å². The molecule has 2 aromatic heterocycles. The Hall–Kier alpha value is -3.62. The van der Waals surface area contributed by atoms with Gasteiger partial charge in [-0.2, -0.15) is 0 Å². The quantitative estimate of drug-likeness (QED) is 0.511. The first-order chi connectivity index (χ1) is 12.5. The van der Waals surface area contributed by atoms with Crippen LogP contribution in [0.15, 0.2) is 42.6 Å². The van der Waals surface area contributed by atoms with Gasteiger partial charge in [0.15, 0.2) is 5.82 Å². The zero-order valence-corrected chi connectivity index (χ0v) is 14.1. The zero-order valence-electron chi connectivity index (χ0n) is 14.1. The molecule has 0 aliphatic rings. The molecule has 26 heavy (non-hydrogen) atoms. The molecule has 0 aliphatic carbocycles. The Morgan fingerprint density at radius 2 is 1.92 bits per heavy atom. The number of aryl methyl sites for hydroxylation is 1. The van der Waals surface area contributed by atoms with Gasteiger partial charge in [-0.1, -0.05) is 6.92 Å². The summed E-state index contributed by atoms with van der Waals surface area (Å²) in [5, 5.41) is 14.0. The first-order valence-electron chi connectivity index (χ1n) is 7.99. The summed E-state index contributed by atoms with van der Waals surface area (Å²) >= 11 is 0. The summed E-state index contributed by atoms with van der Waals surface area (Å²) in [5.74, 6) is 2.07. The molecule has 0 atom stereocenters. The zero-order chi connectivity index (χ0) is 18.5. The highest BCUT2D eigenvalue weighted by Gasteiger charge is 2.10. The average Bonchev–Trinajstić information content (AvgIpc) is 2.66. The van der Waals surface area contributed by atoms with Gasteiger partial charge in [0, 0.05) is 35.7 Å². The van der Waals surface area contributed by atoms with Gasteiger partial charge < -0.3 is 11.1 Å². The molecule has 3 rings (SSSR count). The largest absolute Gasteiger partial charge is 0.384 e. The fourth-order valence-corrected chi connectivity index (χ4v) is 2.30. The van der Waals surface area contributed by atoms with Gasteiger partial charge in [0.1, 0.15) is 17.5 Å². The van der Waals surface area contributed by atoms with Crippen molar-refractivity contribution in [2.75, 3.05) is 11.1 Å². The molecule has 0 fully saturated rings. The predicted molar refractivity (Wildman–Crippen MR) is 97.3 cm³/mol. The number of benzene rings is 1. The van der Waals surface area contributed by atoms with Crippen LogP contribution in [0.2, 0.25) is 0 Å². The minimum Gasteiger partial charge on any atom is -0.384 e. The predicted octanol–water partition coefficient (Wildman–Crippen LogP) is 2.60. The van der Waals surface area contributed by atoms with E-state index < -0.39 is 4.92 Å². The SMILES string of the molecule is CCc1cc(NCc2nccc(N)n2)nc(-c2ccc([N+](=O)[O-])cc2)n1. The first kappa shape index (κ1) is 17.2. The number of hydrogen-bond donors (Lipinski definition) is 2. The maximum absolute atomic E-state index is 10.8. The molecule has 0 unspecified atom stereocenters. The van der Waals surface area contributed by atoms with E-state index in [9.17, 15) is 10.1 Å². The van der Waals surface area contributed by atoms with E-state index in [1.807, 2.05) is 13.0 Å². The minimum atomic E-state index is -0.439. The third-order valence-corrected chi connectivity index (χ3v) is 3.63. The summed E-state index contributed by atoms with van der Waals surface area (Å²) in [7, 11) is 0. The highest BCUT2D eigenvalue weighted by Crippen LogP contribution is 2.21.